The van der Waals surface area contributed by atoms with Crippen molar-refractivity contribution >= 4 is 17.6 Å². The van der Waals surface area contributed by atoms with Crippen molar-refractivity contribution in [1.82, 2.24) is 4.90 Å². The number of ketones is 1. The number of piperidine rings is 1. The van der Waals surface area contributed by atoms with Gasteiger partial charge in [0.25, 0.3) is 0 Å². The topological polar surface area (TPSA) is 54.5 Å². The Morgan fingerprint density at radius 3 is 2.24 bits per heavy atom. The molecule has 1 aliphatic heterocycles. The number of amides is 2. The predicted molar refractivity (Wildman–Crippen MR) is 80.0 cm³/mol. The van der Waals surface area contributed by atoms with Crippen LogP contribution in [0.25, 0.3) is 0 Å². The SMILES string of the molecule is Cc1ccc(C(=O)CN2C(=O)CC(C)(C)CC2=O)c(C)c1. The van der Waals surface area contributed by atoms with Crippen molar-refractivity contribution in [3.63, 3.8) is 0 Å². The van der Waals surface area contributed by atoms with Crippen LogP contribution in [0.15, 0.2) is 18.2 Å². The zero-order chi connectivity index (χ0) is 15.8. The fourth-order valence-electron chi connectivity index (χ4n) is 2.74. The lowest BCUT2D eigenvalue weighted by molar-refractivity contribution is -0.151. The van der Waals surface area contributed by atoms with Crippen LogP contribution in [-0.4, -0.2) is 29.0 Å². The van der Waals surface area contributed by atoms with E-state index in [2.05, 4.69) is 0 Å². The third-order valence-corrected chi connectivity index (χ3v) is 3.85. The van der Waals surface area contributed by atoms with Crippen LogP contribution in [0.1, 0.15) is 48.2 Å². The lowest BCUT2D eigenvalue weighted by Crippen LogP contribution is -2.48. The van der Waals surface area contributed by atoms with E-state index in [0.29, 0.717) is 18.4 Å². The van der Waals surface area contributed by atoms with Crippen LogP contribution in [0.5, 0.6) is 0 Å². The van der Waals surface area contributed by atoms with Crippen molar-refractivity contribution in [3.05, 3.63) is 34.9 Å². The van der Waals surface area contributed by atoms with Crippen LogP contribution in [0.4, 0.5) is 0 Å². The summed E-state index contributed by atoms with van der Waals surface area (Å²) in [5, 5.41) is 0. The molecule has 0 saturated carbocycles. The average Bonchev–Trinajstić information content (AvgIpc) is 2.32. The number of benzene rings is 1. The van der Waals surface area contributed by atoms with Crippen LogP contribution in [-0.2, 0) is 9.59 Å². The standard InChI is InChI=1S/C17H21NO3/c1-11-5-6-13(12(2)7-11)14(19)10-18-15(20)8-17(3,4)9-16(18)21/h5-7H,8-10H2,1-4H3. The molecule has 2 rings (SSSR count). The molecule has 1 saturated heterocycles. The van der Waals surface area contributed by atoms with Gasteiger partial charge in [0.05, 0.1) is 6.54 Å². The molecule has 4 nitrogen and oxygen atoms in total. The third kappa shape index (κ3) is 3.38. The number of nitrogens with zero attached hydrogens (tertiary/aromatic N) is 1. The number of hydrogen-bond donors (Lipinski definition) is 0. The summed E-state index contributed by atoms with van der Waals surface area (Å²) in [6.07, 6.45) is 0.609. The van der Waals surface area contributed by atoms with Gasteiger partial charge in [0.15, 0.2) is 5.78 Å². The van der Waals surface area contributed by atoms with E-state index in [1.54, 1.807) is 6.07 Å². The highest BCUT2D eigenvalue weighted by Crippen LogP contribution is 2.31. The van der Waals surface area contributed by atoms with Gasteiger partial charge in [0.1, 0.15) is 0 Å². The van der Waals surface area contributed by atoms with Gasteiger partial charge in [-0.15, -0.1) is 0 Å². The van der Waals surface area contributed by atoms with E-state index >= 15 is 0 Å². The van der Waals surface area contributed by atoms with Gasteiger partial charge in [-0.05, 0) is 24.8 Å². The Balaban J connectivity index is 2.16. The third-order valence-electron chi connectivity index (χ3n) is 3.85. The molecule has 0 bridgehead atoms. The van der Waals surface area contributed by atoms with E-state index in [0.717, 1.165) is 16.0 Å². The Bertz CT molecular complexity index is 596. The molecule has 0 N–H and O–H groups in total. The molecule has 0 spiro atoms. The van der Waals surface area contributed by atoms with Crippen molar-refractivity contribution in [3.8, 4) is 0 Å². The van der Waals surface area contributed by atoms with Gasteiger partial charge in [-0.25, -0.2) is 0 Å². The Kier molecular flexibility index (Phi) is 3.99. The Morgan fingerprint density at radius 2 is 1.71 bits per heavy atom. The van der Waals surface area contributed by atoms with Gasteiger partial charge >= 0.3 is 0 Å². The maximum Gasteiger partial charge on any atom is 0.230 e. The second kappa shape index (κ2) is 5.43. The van der Waals surface area contributed by atoms with Crippen molar-refractivity contribution in [1.29, 1.82) is 0 Å². The first-order valence-corrected chi connectivity index (χ1v) is 7.13. The molecule has 1 heterocycles. The van der Waals surface area contributed by atoms with E-state index in [1.165, 1.54) is 0 Å². The molecule has 1 fully saturated rings. The number of aryl methyl sites for hydroxylation is 2. The summed E-state index contributed by atoms with van der Waals surface area (Å²) < 4.78 is 0. The Morgan fingerprint density at radius 1 is 1.14 bits per heavy atom. The van der Waals surface area contributed by atoms with Crippen LogP contribution >= 0.6 is 0 Å². The number of Topliss-reactive ketones (excluding diaryl/α,β-unsaturated/α-hetero) is 1. The molecular weight excluding hydrogens is 266 g/mol. The maximum atomic E-state index is 12.4. The molecule has 4 heteroatoms. The summed E-state index contributed by atoms with van der Waals surface area (Å²) in [5.74, 6) is -0.697. The zero-order valence-electron chi connectivity index (χ0n) is 13.0. The normalized spacial score (nSPS) is 18.0. The summed E-state index contributed by atoms with van der Waals surface area (Å²) in [5.41, 5.74) is 2.22. The van der Waals surface area contributed by atoms with Crippen LogP contribution in [0.3, 0.4) is 0 Å². The summed E-state index contributed by atoms with van der Waals surface area (Å²) in [6.45, 7) is 7.46. The molecular formula is C17H21NO3. The number of rotatable bonds is 3. The highest BCUT2D eigenvalue weighted by Gasteiger charge is 2.38. The first kappa shape index (κ1) is 15.4. The van der Waals surface area contributed by atoms with E-state index in [9.17, 15) is 14.4 Å². The summed E-state index contributed by atoms with van der Waals surface area (Å²) in [6, 6.07) is 5.55. The Labute approximate surface area is 125 Å². The molecule has 1 aromatic carbocycles. The summed E-state index contributed by atoms with van der Waals surface area (Å²) in [4.78, 5) is 37.6. The minimum atomic E-state index is -0.312. The molecule has 1 aliphatic rings. The lowest BCUT2D eigenvalue weighted by Gasteiger charge is -2.34. The molecule has 1 aromatic rings. The fourth-order valence-corrected chi connectivity index (χ4v) is 2.74. The van der Waals surface area contributed by atoms with E-state index < -0.39 is 0 Å². The van der Waals surface area contributed by atoms with Crippen molar-refractivity contribution in [2.24, 2.45) is 5.41 Å². The second-order valence-corrected chi connectivity index (χ2v) is 6.63. The van der Waals surface area contributed by atoms with Gasteiger partial charge in [-0.1, -0.05) is 37.6 Å². The highest BCUT2D eigenvalue weighted by molar-refractivity contribution is 6.06. The highest BCUT2D eigenvalue weighted by atomic mass is 16.2. The molecule has 0 aromatic heterocycles. The molecule has 0 aliphatic carbocycles. The first-order valence-electron chi connectivity index (χ1n) is 7.13. The van der Waals surface area contributed by atoms with Gasteiger partial charge in [-0.2, -0.15) is 0 Å². The molecule has 2 amide bonds. The van der Waals surface area contributed by atoms with Crippen molar-refractivity contribution < 1.29 is 14.4 Å². The molecule has 21 heavy (non-hydrogen) atoms. The maximum absolute atomic E-state index is 12.4. The van der Waals surface area contributed by atoms with Gasteiger partial charge in [0.2, 0.25) is 11.8 Å². The van der Waals surface area contributed by atoms with E-state index in [-0.39, 0.29) is 29.6 Å². The monoisotopic (exact) mass is 287 g/mol. The van der Waals surface area contributed by atoms with Gasteiger partial charge < -0.3 is 0 Å². The van der Waals surface area contributed by atoms with Crippen LogP contribution in [0.2, 0.25) is 0 Å². The van der Waals surface area contributed by atoms with Crippen molar-refractivity contribution in [2.45, 2.75) is 40.5 Å². The lowest BCUT2D eigenvalue weighted by atomic mass is 9.81. The number of hydrogen-bond acceptors (Lipinski definition) is 3. The van der Waals surface area contributed by atoms with Crippen LogP contribution < -0.4 is 0 Å². The zero-order valence-corrected chi connectivity index (χ0v) is 13.0. The Hall–Kier alpha value is -1.97. The molecule has 0 radical (unpaired) electrons. The summed E-state index contributed by atoms with van der Waals surface area (Å²) in [7, 11) is 0. The summed E-state index contributed by atoms with van der Waals surface area (Å²) >= 11 is 0. The second-order valence-electron chi connectivity index (χ2n) is 6.63. The number of carbonyl (C=O) groups is 3. The average molecular weight is 287 g/mol. The minimum absolute atomic E-state index is 0.155. The molecule has 0 unspecified atom stereocenters. The van der Waals surface area contributed by atoms with Gasteiger partial charge in [0, 0.05) is 18.4 Å². The van der Waals surface area contributed by atoms with Gasteiger partial charge in [-0.3, -0.25) is 19.3 Å². The predicted octanol–water partition coefficient (Wildman–Crippen LogP) is 2.66. The number of likely N-dealkylation sites (tertiary alicyclic amines) is 1. The molecule has 112 valence electrons. The van der Waals surface area contributed by atoms with Crippen LogP contribution in [0, 0.1) is 19.3 Å². The van der Waals surface area contributed by atoms with E-state index in [4.69, 9.17) is 0 Å². The largest absolute Gasteiger partial charge is 0.292 e. The fraction of sp³-hybridized carbons (Fsp3) is 0.471. The minimum Gasteiger partial charge on any atom is -0.292 e. The van der Waals surface area contributed by atoms with E-state index in [1.807, 2.05) is 39.8 Å². The number of carbonyl (C=O) groups excluding carboxylic acids is 3. The first-order chi connectivity index (χ1) is 9.69. The molecule has 0 atom stereocenters. The quantitative estimate of drug-likeness (QED) is 0.634. The number of imide groups is 1. The smallest absolute Gasteiger partial charge is 0.230 e. The van der Waals surface area contributed by atoms with Crippen molar-refractivity contribution in [2.75, 3.05) is 6.54 Å².